The number of nitrogens with zero attached hydrogens (tertiary/aromatic N) is 1. The van der Waals surface area contributed by atoms with Crippen LogP contribution in [0.15, 0.2) is 78.9 Å². The van der Waals surface area contributed by atoms with E-state index in [2.05, 4.69) is 21.9 Å². The first-order valence-electron chi connectivity index (χ1n) is 15.1. The number of carbonyl (C=O) groups is 3. The molecule has 7 heteroatoms. The van der Waals surface area contributed by atoms with Gasteiger partial charge in [0.25, 0.3) is 11.8 Å². The fourth-order valence-electron chi connectivity index (χ4n) is 8.97. The lowest BCUT2D eigenvalue weighted by Gasteiger charge is -2.55. The molecule has 3 N–H and O–H groups in total. The molecule has 1 aliphatic heterocycles. The van der Waals surface area contributed by atoms with Crippen LogP contribution in [-0.2, 0) is 9.59 Å². The van der Waals surface area contributed by atoms with Gasteiger partial charge in [-0.05, 0) is 79.5 Å². The molecule has 1 aromatic heterocycles. The van der Waals surface area contributed by atoms with Crippen LogP contribution >= 0.6 is 0 Å². The molecule has 4 bridgehead atoms. The van der Waals surface area contributed by atoms with E-state index in [-0.39, 0.29) is 23.8 Å². The van der Waals surface area contributed by atoms with E-state index in [0.717, 1.165) is 52.5 Å². The van der Waals surface area contributed by atoms with E-state index in [1.54, 1.807) is 4.90 Å². The van der Waals surface area contributed by atoms with Crippen molar-refractivity contribution in [3.05, 3.63) is 95.6 Å². The summed E-state index contributed by atoms with van der Waals surface area (Å²) in [5, 5.41) is 1.01. The lowest BCUT2D eigenvalue weighted by atomic mass is 9.49. The third kappa shape index (κ3) is 3.97. The van der Waals surface area contributed by atoms with Gasteiger partial charge in [0.05, 0.1) is 17.2 Å². The normalized spacial score (nSPS) is 27.3. The van der Waals surface area contributed by atoms with Crippen molar-refractivity contribution in [2.45, 2.75) is 44.6 Å². The van der Waals surface area contributed by atoms with Gasteiger partial charge in [0.15, 0.2) is 0 Å². The van der Waals surface area contributed by atoms with Gasteiger partial charge < -0.3 is 9.88 Å². The molecule has 3 aromatic carbocycles. The Balaban J connectivity index is 1.10. The molecular weight excluding hydrogens is 524 g/mol. The van der Waals surface area contributed by atoms with Crippen LogP contribution in [0.3, 0.4) is 0 Å². The lowest BCUT2D eigenvalue weighted by Crippen LogP contribution is -2.57. The van der Waals surface area contributed by atoms with Crippen molar-refractivity contribution in [3.8, 4) is 11.3 Å². The molecule has 3 amide bonds. The molecule has 4 saturated carbocycles. The standard InChI is InChI=1S/C35H34N4O3/c40-29(37-38-34(42)35-17-21-14-22(18-35)16-23(15-21)19-35)20-39-32(25-10-4-5-11-26(25)33(39)41)30-27-12-6-7-13-28(27)36-31(30)24-8-2-1-3-9-24/h1-13,21-23,32,36H,14-20H2,(H,37,40)(H,38,42). The number of hydrogen-bond donors (Lipinski definition) is 3. The summed E-state index contributed by atoms with van der Waals surface area (Å²) < 4.78 is 0. The Bertz CT molecular complexity index is 1690. The summed E-state index contributed by atoms with van der Waals surface area (Å²) in [6, 6.07) is 25.3. The molecule has 1 atom stereocenters. The first kappa shape index (κ1) is 25.3. The molecule has 2 heterocycles. The summed E-state index contributed by atoms with van der Waals surface area (Å²) in [7, 11) is 0. The maximum Gasteiger partial charge on any atom is 0.258 e. The van der Waals surface area contributed by atoms with E-state index < -0.39 is 11.9 Å². The number of amides is 3. The molecule has 42 heavy (non-hydrogen) atoms. The second-order valence-corrected chi connectivity index (χ2v) is 12.9. The van der Waals surface area contributed by atoms with Crippen LogP contribution in [0.2, 0.25) is 0 Å². The highest BCUT2D eigenvalue weighted by Crippen LogP contribution is 2.60. The first-order valence-corrected chi connectivity index (χ1v) is 15.1. The van der Waals surface area contributed by atoms with Gasteiger partial charge in [-0.1, -0.05) is 66.7 Å². The summed E-state index contributed by atoms with van der Waals surface area (Å²) in [6.07, 6.45) is 6.51. The van der Waals surface area contributed by atoms with Gasteiger partial charge in [-0.3, -0.25) is 25.2 Å². The van der Waals surface area contributed by atoms with Crippen molar-refractivity contribution < 1.29 is 14.4 Å². The SMILES string of the molecule is O=C(CN1C(=O)c2ccccc2C1c1c(-c2ccccc2)[nH]c2ccccc12)NNC(=O)C12CC3CC(CC(C3)C1)C2. The molecule has 1 unspecified atom stereocenters. The van der Waals surface area contributed by atoms with Crippen molar-refractivity contribution in [3.63, 3.8) is 0 Å². The number of para-hydroxylation sites is 1. The van der Waals surface area contributed by atoms with Crippen molar-refractivity contribution in [1.29, 1.82) is 0 Å². The Hall–Kier alpha value is -4.39. The number of rotatable bonds is 5. The zero-order chi connectivity index (χ0) is 28.4. The zero-order valence-electron chi connectivity index (χ0n) is 23.4. The summed E-state index contributed by atoms with van der Waals surface area (Å²) in [4.78, 5) is 46.0. The van der Waals surface area contributed by atoms with Crippen LogP contribution < -0.4 is 10.9 Å². The van der Waals surface area contributed by atoms with E-state index in [0.29, 0.717) is 23.3 Å². The molecule has 212 valence electrons. The summed E-state index contributed by atoms with van der Waals surface area (Å²) in [6.45, 7) is -0.174. The van der Waals surface area contributed by atoms with Crippen molar-refractivity contribution >= 4 is 28.6 Å². The van der Waals surface area contributed by atoms with Crippen LogP contribution in [0.1, 0.15) is 66.1 Å². The van der Waals surface area contributed by atoms with Crippen LogP contribution in [0, 0.1) is 23.2 Å². The largest absolute Gasteiger partial charge is 0.354 e. The second-order valence-electron chi connectivity index (χ2n) is 12.9. The smallest absolute Gasteiger partial charge is 0.258 e. The van der Waals surface area contributed by atoms with E-state index in [1.165, 1.54) is 19.3 Å². The maximum atomic E-state index is 13.8. The van der Waals surface area contributed by atoms with Gasteiger partial charge in [0, 0.05) is 22.0 Å². The van der Waals surface area contributed by atoms with Gasteiger partial charge in [-0.25, -0.2) is 0 Å². The minimum absolute atomic E-state index is 0.0643. The average Bonchev–Trinajstić information content (AvgIpc) is 3.50. The van der Waals surface area contributed by atoms with Crippen molar-refractivity contribution in [1.82, 2.24) is 20.7 Å². The molecule has 4 aromatic rings. The van der Waals surface area contributed by atoms with E-state index in [1.807, 2.05) is 72.8 Å². The van der Waals surface area contributed by atoms with E-state index in [4.69, 9.17) is 0 Å². The summed E-state index contributed by atoms with van der Waals surface area (Å²) in [5.74, 6) is 1.24. The average molecular weight is 559 g/mol. The molecule has 7 nitrogen and oxygen atoms in total. The number of benzene rings is 3. The quantitative estimate of drug-likeness (QED) is 0.273. The highest BCUT2D eigenvalue weighted by molar-refractivity contribution is 6.03. The van der Waals surface area contributed by atoms with Crippen molar-refractivity contribution in [2.75, 3.05) is 6.54 Å². The maximum absolute atomic E-state index is 13.8. The molecule has 0 saturated heterocycles. The first-order chi connectivity index (χ1) is 20.5. The fraction of sp³-hybridized carbons (Fsp3) is 0.343. The highest BCUT2D eigenvalue weighted by atomic mass is 16.2. The number of nitrogens with one attached hydrogen (secondary N) is 3. The number of H-pyrrole nitrogens is 1. The minimum atomic E-state index is -0.468. The Kier molecular flexibility index (Phi) is 5.78. The van der Waals surface area contributed by atoms with Gasteiger partial charge in [0.1, 0.15) is 6.54 Å². The van der Waals surface area contributed by atoms with E-state index >= 15 is 0 Å². The van der Waals surface area contributed by atoms with E-state index in [9.17, 15) is 14.4 Å². The predicted octanol–water partition coefficient (Wildman–Crippen LogP) is 5.74. The number of aromatic amines is 1. The monoisotopic (exact) mass is 558 g/mol. The fourth-order valence-corrected chi connectivity index (χ4v) is 8.97. The third-order valence-electron chi connectivity index (χ3n) is 10.3. The number of fused-ring (bicyclic) bond motifs is 2. The molecule has 0 spiro atoms. The van der Waals surface area contributed by atoms with Crippen LogP contribution in [0.5, 0.6) is 0 Å². The highest BCUT2D eigenvalue weighted by Gasteiger charge is 2.54. The zero-order valence-corrected chi connectivity index (χ0v) is 23.4. The van der Waals surface area contributed by atoms with Gasteiger partial charge in [0.2, 0.25) is 5.91 Å². The van der Waals surface area contributed by atoms with Gasteiger partial charge in [-0.15, -0.1) is 0 Å². The minimum Gasteiger partial charge on any atom is -0.354 e. The molecule has 9 rings (SSSR count). The third-order valence-corrected chi connectivity index (χ3v) is 10.3. The molecule has 4 fully saturated rings. The topological polar surface area (TPSA) is 94.3 Å². The van der Waals surface area contributed by atoms with Crippen molar-refractivity contribution in [2.24, 2.45) is 23.2 Å². The Morgan fingerprint density at radius 1 is 0.810 bits per heavy atom. The second kappa shape index (κ2) is 9.58. The van der Waals surface area contributed by atoms with Crippen LogP contribution in [0.25, 0.3) is 22.2 Å². The Morgan fingerprint density at radius 3 is 2.19 bits per heavy atom. The number of hydrazine groups is 1. The molecular formula is C35H34N4O3. The summed E-state index contributed by atoms with van der Waals surface area (Å²) >= 11 is 0. The lowest BCUT2D eigenvalue weighted by molar-refractivity contribution is -0.149. The molecule has 0 radical (unpaired) electrons. The summed E-state index contributed by atoms with van der Waals surface area (Å²) in [5.41, 5.74) is 10.4. The molecule has 4 aliphatic carbocycles. The Labute approximate surface area is 244 Å². The van der Waals surface area contributed by atoms with Gasteiger partial charge in [-0.2, -0.15) is 0 Å². The van der Waals surface area contributed by atoms with Crippen LogP contribution in [-0.4, -0.2) is 34.2 Å². The number of carbonyl (C=O) groups excluding carboxylic acids is 3. The number of aromatic nitrogens is 1. The predicted molar refractivity (Wildman–Crippen MR) is 160 cm³/mol. The number of hydrogen-bond acceptors (Lipinski definition) is 3. The van der Waals surface area contributed by atoms with Gasteiger partial charge >= 0.3 is 0 Å². The van der Waals surface area contributed by atoms with Crippen LogP contribution in [0.4, 0.5) is 0 Å². The molecule has 5 aliphatic rings. The Morgan fingerprint density at radius 2 is 1.45 bits per heavy atom.